The minimum Gasteiger partial charge on any atom is -0.467 e. The predicted octanol–water partition coefficient (Wildman–Crippen LogP) is 2.41. The number of carbonyl (C=O) groups is 1. The third-order valence-corrected chi connectivity index (χ3v) is 3.13. The van der Waals surface area contributed by atoms with Crippen LogP contribution in [-0.4, -0.2) is 25.0 Å². The molecule has 0 fully saturated rings. The van der Waals surface area contributed by atoms with Crippen molar-refractivity contribution in [2.45, 2.75) is 20.0 Å². The van der Waals surface area contributed by atoms with Gasteiger partial charge in [-0.15, -0.1) is 24.0 Å². The van der Waals surface area contributed by atoms with Gasteiger partial charge in [-0.25, -0.2) is 9.38 Å². The lowest BCUT2D eigenvalue weighted by atomic mass is 10.2. The largest absolute Gasteiger partial charge is 0.467 e. The molecule has 0 spiro atoms. The molecule has 1 amide bonds. The van der Waals surface area contributed by atoms with Crippen LogP contribution >= 0.6 is 24.0 Å². The highest BCUT2D eigenvalue weighted by Crippen LogP contribution is 2.03. The lowest BCUT2D eigenvalue weighted by Gasteiger charge is -2.11. The molecule has 1 aromatic heterocycles. The molecule has 0 saturated carbocycles. The molecule has 0 radical (unpaired) electrons. The zero-order valence-electron chi connectivity index (χ0n) is 13.9. The molecule has 0 aliphatic heterocycles. The van der Waals surface area contributed by atoms with Crippen LogP contribution in [0.1, 0.15) is 18.2 Å². The van der Waals surface area contributed by atoms with Crippen molar-refractivity contribution in [3.8, 4) is 0 Å². The highest BCUT2D eigenvalue weighted by molar-refractivity contribution is 14.0. The van der Waals surface area contributed by atoms with E-state index < -0.39 is 0 Å². The van der Waals surface area contributed by atoms with Gasteiger partial charge in [0, 0.05) is 6.54 Å². The van der Waals surface area contributed by atoms with E-state index in [9.17, 15) is 9.18 Å². The number of halogens is 2. The average Bonchev–Trinajstić information content (AvgIpc) is 3.10. The zero-order chi connectivity index (χ0) is 17.2. The Bertz CT molecular complexity index is 660. The van der Waals surface area contributed by atoms with Gasteiger partial charge >= 0.3 is 0 Å². The molecular weight excluding hydrogens is 438 g/mol. The van der Waals surface area contributed by atoms with Crippen molar-refractivity contribution in [3.63, 3.8) is 0 Å². The van der Waals surface area contributed by atoms with Crippen LogP contribution in [0.25, 0.3) is 0 Å². The van der Waals surface area contributed by atoms with Gasteiger partial charge in [-0.2, -0.15) is 0 Å². The van der Waals surface area contributed by atoms with Gasteiger partial charge in [0.2, 0.25) is 5.91 Å². The summed E-state index contributed by atoms with van der Waals surface area (Å²) in [7, 11) is 0. The fourth-order valence-corrected chi connectivity index (χ4v) is 1.93. The Morgan fingerprint density at radius 2 is 1.92 bits per heavy atom. The molecule has 2 rings (SSSR count). The highest BCUT2D eigenvalue weighted by atomic mass is 127. The number of carbonyl (C=O) groups excluding carboxylic acids is 1. The topological polar surface area (TPSA) is 78.7 Å². The standard InChI is InChI=1S/C17H21FN4O2.HI/c1-2-19-17(21-10-13-5-7-14(18)8-6-13)22-12-16(23)20-11-15-4-3-9-24-15;/h3-9H,2,10-12H2,1H3,(H,20,23)(H2,19,21,22);1H. The Hall–Kier alpha value is -2.10. The second-order valence-corrected chi connectivity index (χ2v) is 5.03. The fourth-order valence-electron chi connectivity index (χ4n) is 1.93. The van der Waals surface area contributed by atoms with E-state index in [1.165, 1.54) is 12.1 Å². The van der Waals surface area contributed by atoms with Crippen LogP contribution in [0, 0.1) is 5.82 Å². The van der Waals surface area contributed by atoms with Crippen LogP contribution in [0.15, 0.2) is 52.1 Å². The Morgan fingerprint density at radius 3 is 2.56 bits per heavy atom. The number of hydrogen-bond acceptors (Lipinski definition) is 3. The van der Waals surface area contributed by atoms with E-state index >= 15 is 0 Å². The molecule has 2 aromatic rings. The molecule has 3 N–H and O–H groups in total. The summed E-state index contributed by atoms with van der Waals surface area (Å²) >= 11 is 0. The van der Waals surface area contributed by atoms with E-state index in [0.29, 0.717) is 31.4 Å². The van der Waals surface area contributed by atoms with Crippen LogP contribution in [0.2, 0.25) is 0 Å². The van der Waals surface area contributed by atoms with Crippen LogP contribution in [0.3, 0.4) is 0 Å². The number of guanidine groups is 1. The molecule has 1 heterocycles. The van der Waals surface area contributed by atoms with Crippen molar-refractivity contribution in [3.05, 3.63) is 59.8 Å². The monoisotopic (exact) mass is 460 g/mol. The smallest absolute Gasteiger partial charge is 0.239 e. The Balaban J connectivity index is 0.00000312. The summed E-state index contributed by atoms with van der Waals surface area (Å²) < 4.78 is 18.0. The third-order valence-electron chi connectivity index (χ3n) is 3.13. The lowest BCUT2D eigenvalue weighted by Crippen LogP contribution is -2.43. The average molecular weight is 460 g/mol. The molecule has 8 heteroatoms. The molecule has 0 atom stereocenters. The summed E-state index contributed by atoms with van der Waals surface area (Å²) in [6, 6.07) is 9.71. The first-order chi connectivity index (χ1) is 11.7. The summed E-state index contributed by atoms with van der Waals surface area (Å²) in [5.74, 6) is 0.773. The van der Waals surface area contributed by atoms with E-state index in [0.717, 1.165) is 5.56 Å². The number of rotatable bonds is 7. The quantitative estimate of drug-likeness (QED) is 0.337. The Labute approximate surface area is 163 Å². The molecule has 0 unspecified atom stereocenters. The van der Waals surface area contributed by atoms with E-state index in [1.54, 1.807) is 30.5 Å². The molecule has 0 aliphatic carbocycles. The number of hydrogen-bond donors (Lipinski definition) is 3. The summed E-state index contributed by atoms with van der Waals surface area (Å²) in [5.41, 5.74) is 0.885. The molecule has 6 nitrogen and oxygen atoms in total. The Kier molecular flexibility index (Phi) is 9.60. The number of furan rings is 1. The second kappa shape index (κ2) is 11.5. The number of nitrogens with one attached hydrogen (secondary N) is 3. The molecule has 0 aliphatic rings. The third kappa shape index (κ3) is 8.01. The maximum absolute atomic E-state index is 12.9. The minimum absolute atomic E-state index is 0. The van der Waals surface area contributed by atoms with Crippen molar-refractivity contribution in [2.75, 3.05) is 13.1 Å². The van der Waals surface area contributed by atoms with Gasteiger partial charge in [-0.3, -0.25) is 4.79 Å². The number of amides is 1. The maximum atomic E-state index is 12.9. The van der Waals surface area contributed by atoms with E-state index in [1.807, 2.05) is 6.92 Å². The maximum Gasteiger partial charge on any atom is 0.239 e. The van der Waals surface area contributed by atoms with Crippen LogP contribution in [0.5, 0.6) is 0 Å². The van der Waals surface area contributed by atoms with E-state index in [-0.39, 0.29) is 42.2 Å². The second-order valence-electron chi connectivity index (χ2n) is 5.03. The van der Waals surface area contributed by atoms with Gasteiger partial charge in [-0.05, 0) is 36.8 Å². The molecule has 25 heavy (non-hydrogen) atoms. The highest BCUT2D eigenvalue weighted by Gasteiger charge is 2.04. The molecular formula is C17H22FIN4O2. The van der Waals surface area contributed by atoms with E-state index in [2.05, 4.69) is 20.9 Å². The van der Waals surface area contributed by atoms with Crippen molar-refractivity contribution in [1.29, 1.82) is 0 Å². The SMILES string of the molecule is CCNC(=NCc1ccc(F)cc1)NCC(=O)NCc1ccco1.I. The normalized spacial score (nSPS) is 10.7. The molecule has 1 aromatic carbocycles. The summed E-state index contributed by atoms with van der Waals surface area (Å²) in [6.07, 6.45) is 1.56. The molecule has 0 saturated heterocycles. The van der Waals surface area contributed by atoms with Crippen molar-refractivity contribution in [2.24, 2.45) is 4.99 Å². The summed E-state index contributed by atoms with van der Waals surface area (Å²) in [4.78, 5) is 16.2. The fraction of sp³-hybridized carbons (Fsp3) is 0.294. The van der Waals surface area contributed by atoms with Crippen LogP contribution < -0.4 is 16.0 Å². The lowest BCUT2D eigenvalue weighted by molar-refractivity contribution is -0.120. The molecule has 0 bridgehead atoms. The first kappa shape index (κ1) is 20.9. The number of nitrogens with zero attached hydrogens (tertiary/aromatic N) is 1. The van der Waals surface area contributed by atoms with Crippen molar-refractivity contribution in [1.82, 2.24) is 16.0 Å². The van der Waals surface area contributed by atoms with Gasteiger partial charge in [-0.1, -0.05) is 12.1 Å². The van der Waals surface area contributed by atoms with Gasteiger partial charge in [0.25, 0.3) is 0 Å². The minimum atomic E-state index is -0.277. The van der Waals surface area contributed by atoms with Crippen molar-refractivity contribution < 1.29 is 13.6 Å². The van der Waals surface area contributed by atoms with E-state index in [4.69, 9.17) is 4.42 Å². The zero-order valence-corrected chi connectivity index (χ0v) is 16.3. The first-order valence-corrected chi connectivity index (χ1v) is 7.73. The van der Waals surface area contributed by atoms with Gasteiger partial charge < -0.3 is 20.4 Å². The van der Waals surface area contributed by atoms with Gasteiger partial charge in [0.15, 0.2) is 5.96 Å². The number of benzene rings is 1. The van der Waals surface area contributed by atoms with Gasteiger partial charge in [0.1, 0.15) is 11.6 Å². The molecule has 136 valence electrons. The van der Waals surface area contributed by atoms with Crippen LogP contribution in [-0.2, 0) is 17.9 Å². The summed E-state index contributed by atoms with van der Waals surface area (Å²) in [6.45, 7) is 3.44. The first-order valence-electron chi connectivity index (χ1n) is 7.73. The van der Waals surface area contributed by atoms with Crippen molar-refractivity contribution >= 4 is 35.8 Å². The Morgan fingerprint density at radius 1 is 1.16 bits per heavy atom. The predicted molar refractivity (Wildman–Crippen MR) is 105 cm³/mol. The van der Waals surface area contributed by atoms with Gasteiger partial charge in [0.05, 0.1) is 25.9 Å². The van der Waals surface area contributed by atoms with Crippen LogP contribution in [0.4, 0.5) is 4.39 Å². The number of aliphatic imine (C=N–C) groups is 1. The summed E-state index contributed by atoms with van der Waals surface area (Å²) in [5, 5.41) is 8.75.